The highest BCUT2D eigenvalue weighted by molar-refractivity contribution is 6.46. The fraction of sp³-hybridized carbons (Fsp3) is 0.348. The number of halogens is 1. The Balaban J connectivity index is 2.16. The molecule has 0 saturated carbocycles. The van der Waals surface area contributed by atoms with E-state index < -0.39 is 23.5 Å². The van der Waals surface area contributed by atoms with Gasteiger partial charge in [0.2, 0.25) is 0 Å². The van der Waals surface area contributed by atoms with E-state index in [4.69, 9.17) is 25.8 Å². The Morgan fingerprint density at radius 2 is 1.91 bits per heavy atom. The smallest absolute Gasteiger partial charge is 0.295 e. The number of ether oxygens (including phenoxy) is 3. The number of amides is 1. The number of aromatic nitrogens is 1. The zero-order chi connectivity index (χ0) is 23.4. The van der Waals surface area contributed by atoms with Crippen molar-refractivity contribution in [2.45, 2.75) is 26.0 Å². The maximum Gasteiger partial charge on any atom is 0.295 e. The van der Waals surface area contributed by atoms with Crippen LogP contribution in [0, 0.1) is 0 Å². The molecule has 1 unspecified atom stereocenters. The Kier molecular flexibility index (Phi) is 7.37. The zero-order valence-corrected chi connectivity index (χ0v) is 19.0. The predicted molar refractivity (Wildman–Crippen MR) is 119 cm³/mol. The first-order valence-electron chi connectivity index (χ1n) is 10.0. The number of rotatable bonds is 8. The highest BCUT2D eigenvalue weighted by atomic mass is 35.5. The quantitative estimate of drug-likeness (QED) is 0.365. The monoisotopic (exact) mass is 460 g/mol. The lowest BCUT2D eigenvalue weighted by atomic mass is 9.97. The summed E-state index contributed by atoms with van der Waals surface area (Å²) in [5.41, 5.74) is 0.504. The third kappa shape index (κ3) is 4.56. The number of methoxy groups -OCH3 is 2. The van der Waals surface area contributed by atoms with Crippen LogP contribution in [0.4, 0.5) is 0 Å². The zero-order valence-electron chi connectivity index (χ0n) is 18.3. The number of ketones is 1. The van der Waals surface area contributed by atoms with Gasteiger partial charge < -0.3 is 24.2 Å². The van der Waals surface area contributed by atoms with E-state index in [-0.39, 0.29) is 41.2 Å². The van der Waals surface area contributed by atoms with Crippen molar-refractivity contribution in [3.05, 3.63) is 58.4 Å². The van der Waals surface area contributed by atoms with Crippen LogP contribution in [-0.4, -0.2) is 60.2 Å². The molecule has 2 heterocycles. The fourth-order valence-corrected chi connectivity index (χ4v) is 3.77. The minimum atomic E-state index is -0.891. The molecule has 2 aromatic rings. The van der Waals surface area contributed by atoms with Gasteiger partial charge in [0, 0.05) is 18.8 Å². The van der Waals surface area contributed by atoms with Crippen LogP contribution in [0.15, 0.2) is 42.1 Å². The molecule has 1 atom stereocenters. The summed E-state index contributed by atoms with van der Waals surface area (Å²) in [6.07, 6.45) is 1.52. The lowest BCUT2D eigenvalue weighted by Crippen LogP contribution is -2.33. The number of nitrogens with zero attached hydrogens (tertiary/aromatic N) is 2. The molecule has 1 N–H and O–H groups in total. The summed E-state index contributed by atoms with van der Waals surface area (Å²) in [5, 5.41) is 11.4. The van der Waals surface area contributed by atoms with Crippen molar-refractivity contribution >= 4 is 29.1 Å². The molecule has 0 aliphatic carbocycles. The average molecular weight is 461 g/mol. The van der Waals surface area contributed by atoms with E-state index >= 15 is 0 Å². The summed E-state index contributed by atoms with van der Waals surface area (Å²) in [4.78, 5) is 31.6. The van der Waals surface area contributed by atoms with Gasteiger partial charge in [-0.3, -0.25) is 14.6 Å². The number of aliphatic hydroxyl groups excluding tert-OH is 1. The van der Waals surface area contributed by atoms with E-state index in [1.807, 2.05) is 13.8 Å². The number of carbonyl (C=O) groups excluding carboxylic acids is 2. The molecule has 8 nitrogen and oxygen atoms in total. The molecule has 3 rings (SSSR count). The van der Waals surface area contributed by atoms with Crippen LogP contribution in [-0.2, 0) is 14.3 Å². The van der Waals surface area contributed by atoms with Crippen molar-refractivity contribution in [3.8, 4) is 11.5 Å². The van der Waals surface area contributed by atoms with E-state index in [0.717, 1.165) is 0 Å². The fourth-order valence-electron chi connectivity index (χ4n) is 3.53. The maximum atomic E-state index is 13.0. The topological polar surface area (TPSA) is 98.2 Å². The lowest BCUT2D eigenvalue weighted by molar-refractivity contribution is -0.140. The van der Waals surface area contributed by atoms with Crippen molar-refractivity contribution in [2.24, 2.45) is 0 Å². The molecule has 0 spiro atoms. The molecule has 1 fully saturated rings. The average Bonchev–Trinajstić information content (AvgIpc) is 3.03. The maximum absolute atomic E-state index is 13.0. The molecule has 1 aliphatic rings. The van der Waals surface area contributed by atoms with Gasteiger partial charge in [0.1, 0.15) is 23.3 Å². The third-order valence-corrected chi connectivity index (χ3v) is 5.32. The van der Waals surface area contributed by atoms with Gasteiger partial charge in [-0.1, -0.05) is 17.7 Å². The molecular weight excluding hydrogens is 436 g/mol. The Morgan fingerprint density at radius 3 is 2.50 bits per heavy atom. The number of pyridine rings is 1. The molecule has 32 heavy (non-hydrogen) atoms. The number of carbonyl (C=O) groups is 2. The summed E-state index contributed by atoms with van der Waals surface area (Å²) in [5.74, 6) is -1.40. The van der Waals surface area contributed by atoms with Crippen LogP contribution in [0.3, 0.4) is 0 Å². The van der Waals surface area contributed by atoms with Gasteiger partial charge >= 0.3 is 0 Å². The van der Waals surface area contributed by atoms with E-state index in [0.29, 0.717) is 11.4 Å². The second-order valence-corrected chi connectivity index (χ2v) is 7.76. The van der Waals surface area contributed by atoms with Gasteiger partial charge in [-0.15, -0.1) is 0 Å². The highest BCUT2D eigenvalue weighted by Gasteiger charge is 2.46. The van der Waals surface area contributed by atoms with Gasteiger partial charge in [0.25, 0.3) is 11.7 Å². The standard InChI is InChI=1S/C23H25ClN2O6/c1-13(2)32-10-9-26-20(16-7-5-6-8-25-16)19(22(28)23(26)29)21(27)14-11-15(24)18(31-4)12-17(14)30-3/h5-8,11-13,20,27H,9-10H2,1-4H3/b21-19+. The number of hydrogen-bond donors (Lipinski definition) is 1. The highest BCUT2D eigenvalue weighted by Crippen LogP contribution is 2.42. The van der Waals surface area contributed by atoms with Gasteiger partial charge in [-0.25, -0.2) is 0 Å². The van der Waals surface area contributed by atoms with Crippen LogP contribution in [0.5, 0.6) is 11.5 Å². The molecule has 0 bridgehead atoms. The van der Waals surface area contributed by atoms with Gasteiger partial charge in [0.15, 0.2) is 0 Å². The molecule has 1 saturated heterocycles. The summed E-state index contributed by atoms with van der Waals surface area (Å²) in [6, 6.07) is 7.21. The molecule has 170 valence electrons. The number of Topliss-reactive ketones (excluding diaryl/α,β-unsaturated/α-hetero) is 1. The summed E-state index contributed by atoms with van der Waals surface area (Å²) < 4.78 is 16.1. The first-order chi connectivity index (χ1) is 15.3. The Labute approximate surface area is 191 Å². The first kappa shape index (κ1) is 23.6. The number of benzene rings is 1. The number of likely N-dealkylation sites (tertiary alicyclic amines) is 1. The third-order valence-electron chi connectivity index (χ3n) is 5.02. The molecule has 9 heteroatoms. The van der Waals surface area contributed by atoms with Crippen molar-refractivity contribution in [2.75, 3.05) is 27.4 Å². The van der Waals surface area contributed by atoms with E-state index in [9.17, 15) is 14.7 Å². The van der Waals surface area contributed by atoms with E-state index in [1.165, 1.54) is 31.3 Å². The Morgan fingerprint density at radius 1 is 1.19 bits per heavy atom. The van der Waals surface area contributed by atoms with Crippen LogP contribution < -0.4 is 9.47 Å². The SMILES string of the molecule is COc1cc(OC)c(/C(O)=C2\C(=O)C(=O)N(CCOC(C)C)C2c2ccccn2)cc1Cl. The van der Waals surface area contributed by atoms with Crippen molar-refractivity contribution < 1.29 is 28.9 Å². The minimum Gasteiger partial charge on any atom is -0.507 e. The van der Waals surface area contributed by atoms with E-state index in [1.54, 1.807) is 24.4 Å². The van der Waals surface area contributed by atoms with Crippen molar-refractivity contribution in [1.82, 2.24) is 9.88 Å². The van der Waals surface area contributed by atoms with Gasteiger partial charge in [-0.2, -0.15) is 0 Å². The van der Waals surface area contributed by atoms with Crippen LogP contribution in [0.25, 0.3) is 5.76 Å². The molecule has 1 aliphatic heterocycles. The Hall–Kier alpha value is -3.10. The first-order valence-corrected chi connectivity index (χ1v) is 10.4. The number of hydrogen-bond acceptors (Lipinski definition) is 7. The summed E-state index contributed by atoms with van der Waals surface area (Å²) in [6.45, 7) is 4.14. The predicted octanol–water partition coefficient (Wildman–Crippen LogP) is 3.60. The Bertz CT molecular complexity index is 1040. The lowest BCUT2D eigenvalue weighted by Gasteiger charge is -2.25. The van der Waals surface area contributed by atoms with Crippen molar-refractivity contribution in [3.63, 3.8) is 0 Å². The second-order valence-electron chi connectivity index (χ2n) is 7.35. The summed E-state index contributed by atoms with van der Waals surface area (Å²) >= 11 is 6.25. The largest absolute Gasteiger partial charge is 0.507 e. The molecule has 1 aromatic heterocycles. The van der Waals surface area contributed by atoms with Gasteiger partial charge in [-0.05, 0) is 32.0 Å². The molecular formula is C23H25ClN2O6. The van der Waals surface area contributed by atoms with Crippen LogP contribution in [0.1, 0.15) is 31.1 Å². The number of aliphatic hydroxyl groups is 1. The van der Waals surface area contributed by atoms with E-state index in [2.05, 4.69) is 4.98 Å². The van der Waals surface area contributed by atoms with Crippen molar-refractivity contribution in [1.29, 1.82) is 0 Å². The molecule has 0 radical (unpaired) electrons. The van der Waals surface area contributed by atoms with Crippen LogP contribution >= 0.6 is 11.6 Å². The van der Waals surface area contributed by atoms with Gasteiger partial charge in [0.05, 0.1) is 48.8 Å². The molecule has 1 amide bonds. The second kappa shape index (κ2) is 10.0. The molecule has 1 aromatic carbocycles. The normalized spacial score (nSPS) is 17.8. The minimum absolute atomic E-state index is 0.0363. The summed E-state index contributed by atoms with van der Waals surface area (Å²) in [7, 11) is 2.86. The van der Waals surface area contributed by atoms with Crippen LogP contribution in [0.2, 0.25) is 5.02 Å².